The van der Waals surface area contributed by atoms with Crippen molar-refractivity contribution in [1.82, 2.24) is 14.6 Å². The van der Waals surface area contributed by atoms with Crippen LogP contribution in [0.1, 0.15) is 48.9 Å². The van der Waals surface area contributed by atoms with E-state index in [0.717, 1.165) is 22.8 Å². The molecule has 0 saturated heterocycles. The Morgan fingerprint density at radius 3 is 2.50 bits per heavy atom. The molecular weight excluding hydrogens is 290 g/mol. The van der Waals surface area contributed by atoms with Gasteiger partial charge in [-0.3, -0.25) is 0 Å². The number of imidazole rings is 1. The zero-order chi connectivity index (χ0) is 15.5. The second-order valence-corrected chi connectivity index (χ2v) is 6.95. The number of fused-ring (bicyclic) bond motifs is 1. The Morgan fingerprint density at radius 2 is 1.82 bits per heavy atom. The second-order valence-electron chi connectivity index (χ2n) is 5.91. The van der Waals surface area contributed by atoms with Crippen LogP contribution < -0.4 is 0 Å². The van der Waals surface area contributed by atoms with Gasteiger partial charge in [-0.25, -0.2) is 9.50 Å². The van der Waals surface area contributed by atoms with Crippen LogP contribution in [-0.4, -0.2) is 14.6 Å². The molecule has 3 rings (SSSR count). The quantitative estimate of drug-likeness (QED) is 0.586. The van der Waals surface area contributed by atoms with E-state index in [9.17, 15) is 0 Å². The van der Waals surface area contributed by atoms with Crippen molar-refractivity contribution in [2.75, 3.05) is 0 Å². The Labute approximate surface area is 136 Å². The molecule has 0 fully saturated rings. The topological polar surface area (TPSA) is 30.2 Å². The highest BCUT2D eigenvalue weighted by molar-refractivity contribution is 7.16. The minimum Gasteiger partial charge on any atom is -0.217 e. The lowest BCUT2D eigenvalue weighted by Crippen LogP contribution is -1.92. The maximum Gasteiger partial charge on any atom is 0.212 e. The van der Waals surface area contributed by atoms with Crippen molar-refractivity contribution in [2.45, 2.75) is 52.9 Å². The highest BCUT2D eigenvalue weighted by Gasteiger charge is 2.14. The number of unbranched alkanes of at least 4 members (excludes halogenated alkanes) is 3. The van der Waals surface area contributed by atoms with Gasteiger partial charge in [0.2, 0.25) is 4.96 Å². The highest BCUT2D eigenvalue weighted by Crippen LogP contribution is 2.27. The van der Waals surface area contributed by atoms with Gasteiger partial charge >= 0.3 is 0 Å². The van der Waals surface area contributed by atoms with Crippen molar-refractivity contribution in [2.24, 2.45) is 0 Å². The van der Waals surface area contributed by atoms with E-state index in [1.54, 1.807) is 11.3 Å². The number of rotatable bonds is 6. The molecule has 0 radical (unpaired) electrons. The Hall–Kier alpha value is -1.68. The number of aromatic nitrogens is 3. The first-order valence-electron chi connectivity index (χ1n) is 8.11. The van der Waals surface area contributed by atoms with Gasteiger partial charge in [-0.2, -0.15) is 5.10 Å². The largest absolute Gasteiger partial charge is 0.217 e. The van der Waals surface area contributed by atoms with E-state index >= 15 is 0 Å². The monoisotopic (exact) mass is 313 g/mol. The third-order valence-corrected chi connectivity index (χ3v) is 5.01. The molecule has 4 heteroatoms. The molecular formula is C18H23N3S. The number of benzene rings is 1. The standard InChI is InChI=1S/C18H23N3S/c1-4-5-6-7-8-16-20-21-14(3)17(19-18(21)22-16)15-11-9-13(2)10-12-15/h9-12H,4-8H2,1-3H3. The summed E-state index contributed by atoms with van der Waals surface area (Å²) in [5, 5.41) is 5.95. The molecule has 0 aliphatic carbocycles. The molecule has 1 aromatic carbocycles. The average Bonchev–Trinajstić information content (AvgIpc) is 3.04. The van der Waals surface area contributed by atoms with Crippen LogP contribution in [-0.2, 0) is 6.42 Å². The van der Waals surface area contributed by atoms with E-state index < -0.39 is 0 Å². The van der Waals surface area contributed by atoms with E-state index in [1.165, 1.54) is 41.8 Å². The van der Waals surface area contributed by atoms with Crippen LogP contribution in [0, 0.1) is 13.8 Å². The van der Waals surface area contributed by atoms with E-state index in [0.29, 0.717) is 0 Å². The van der Waals surface area contributed by atoms with Gasteiger partial charge in [-0.1, -0.05) is 67.4 Å². The second kappa shape index (κ2) is 6.61. The molecule has 116 valence electrons. The van der Waals surface area contributed by atoms with E-state index in [-0.39, 0.29) is 0 Å². The van der Waals surface area contributed by atoms with Gasteiger partial charge in [0.1, 0.15) is 5.01 Å². The van der Waals surface area contributed by atoms with Crippen LogP contribution in [0.15, 0.2) is 24.3 Å². The lowest BCUT2D eigenvalue weighted by Gasteiger charge is -2.00. The van der Waals surface area contributed by atoms with Gasteiger partial charge < -0.3 is 0 Å². The molecule has 0 aliphatic rings. The Morgan fingerprint density at radius 1 is 1.05 bits per heavy atom. The normalized spacial score (nSPS) is 11.4. The fourth-order valence-electron chi connectivity index (χ4n) is 2.68. The summed E-state index contributed by atoms with van der Waals surface area (Å²) < 4.78 is 2.01. The van der Waals surface area contributed by atoms with Crippen LogP contribution in [0.3, 0.4) is 0 Å². The van der Waals surface area contributed by atoms with Crippen molar-refractivity contribution >= 4 is 16.3 Å². The predicted molar refractivity (Wildman–Crippen MR) is 93.6 cm³/mol. The maximum atomic E-state index is 4.80. The number of nitrogens with zero attached hydrogens (tertiary/aromatic N) is 3. The summed E-state index contributed by atoms with van der Waals surface area (Å²) in [6.07, 6.45) is 6.20. The summed E-state index contributed by atoms with van der Waals surface area (Å²) in [6.45, 7) is 6.46. The van der Waals surface area contributed by atoms with Crippen LogP contribution in [0.25, 0.3) is 16.2 Å². The summed E-state index contributed by atoms with van der Waals surface area (Å²) in [5.74, 6) is 0. The number of hydrogen-bond acceptors (Lipinski definition) is 3. The maximum absolute atomic E-state index is 4.80. The van der Waals surface area contributed by atoms with Crippen LogP contribution in [0.2, 0.25) is 0 Å². The van der Waals surface area contributed by atoms with Crippen molar-refractivity contribution < 1.29 is 0 Å². The van der Waals surface area contributed by atoms with Gasteiger partial charge in [0.05, 0.1) is 11.4 Å². The Balaban J connectivity index is 1.82. The summed E-state index contributed by atoms with van der Waals surface area (Å²) >= 11 is 1.73. The first-order valence-corrected chi connectivity index (χ1v) is 8.92. The molecule has 2 aromatic heterocycles. The molecule has 0 atom stereocenters. The SMILES string of the molecule is CCCCCCc1nn2c(C)c(-c3ccc(C)cc3)nc2s1. The third kappa shape index (κ3) is 3.07. The molecule has 0 spiro atoms. The molecule has 22 heavy (non-hydrogen) atoms. The third-order valence-electron chi connectivity index (χ3n) is 4.04. The molecule has 0 saturated carbocycles. The molecule has 0 amide bonds. The summed E-state index contributed by atoms with van der Waals surface area (Å²) in [4.78, 5) is 5.81. The van der Waals surface area contributed by atoms with Gasteiger partial charge in [0.15, 0.2) is 0 Å². The lowest BCUT2D eigenvalue weighted by atomic mass is 10.1. The summed E-state index contributed by atoms with van der Waals surface area (Å²) in [6, 6.07) is 8.55. The summed E-state index contributed by atoms with van der Waals surface area (Å²) in [5.41, 5.74) is 4.63. The molecule has 0 N–H and O–H groups in total. The zero-order valence-electron chi connectivity index (χ0n) is 13.6. The molecule has 3 aromatic rings. The number of aryl methyl sites for hydroxylation is 3. The first-order chi connectivity index (χ1) is 10.7. The van der Waals surface area contributed by atoms with Crippen LogP contribution >= 0.6 is 11.3 Å². The van der Waals surface area contributed by atoms with Crippen molar-refractivity contribution in [3.8, 4) is 11.3 Å². The average molecular weight is 313 g/mol. The minimum absolute atomic E-state index is 1.01. The van der Waals surface area contributed by atoms with Crippen LogP contribution in [0.4, 0.5) is 0 Å². The molecule has 0 bridgehead atoms. The number of hydrogen-bond donors (Lipinski definition) is 0. The predicted octanol–water partition coefficient (Wildman–Crippen LogP) is 5.20. The smallest absolute Gasteiger partial charge is 0.212 e. The molecule has 0 aliphatic heterocycles. The minimum atomic E-state index is 1.01. The molecule has 2 heterocycles. The zero-order valence-corrected chi connectivity index (χ0v) is 14.4. The van der Waals surface area contributed by atoms with Crippen molar-refractivity contribution in [3.05, 3.63) is 40.5 Å². The van der Waals surface area contributed by atoms with E-state index in [2.05, 4.69) is 45.0 Å². The van der Waals surface area contributed by atoms with Crippen LogP contribution in [0.5, 0.6) is 0 Å². The van der Waals surface area contributed by atoms with E-state index in [4.69, 9.17) is 10.1 Å². The fourth-order valence-corrected chi connectivity index (χ4v) is 3.66. The molecule has 0 unspecified atom stereocenters. The lowest BCUT2D eigenvalue weighted by molar-refractivity contribution is 0.660. The first kappa shape index (κ1) is 15.2. The van der Waals surface area contributed by atoms with Gasteiger partial charge in [-0.05, 0) is 20.3 Å². The van der Waals surface area contributed by atoms with Crippen molar-refractivity contribution in [1.29, 1.82) is 0 Å². The van der Waals surface area contributed by atoms with Gasteiger partial charge in [0, 0.05) is 12.0 Å². The fraction of sp³-hybridized carbons (Fsp3) is 0.444. The van der Waals surface area contributed by atoms with Gasteiger partial charge in [0.25, 0.3) is 0 Å². The summed E-state index contributed by atoms with van der Waals surface area (Å²) in [7, 11) is 0. The van der Waals surface area contributed by atoms with E-state index in [1.807, 2.05) is 4.52 Å². The highest BCUT2D eigenvalue weighted by atomic mass is 32.1. The van der Waals surface area contributed by atoms with Crippen molar-refractivity contribution in [3.63, 3.8) is 0 Å². The van der Waals surface area contributed by atoms with Gasteiger partial charge in [-0.15, -0.1) is 0 Å². The molecule has 3 nitrogen and oxygen atoms in total. The Bertz CT molecular complexity index is 753. The Kier molecular flexibility index (Phi) is 4.57.